The lowest BCUT2D eigenvalue weighted by molar-refractivity contribution is -0.177. The lowest BCUT2D eigenvalue weighted by atomic mass is 10.1. The quantitative estimate of drug-likeness (QED) is 0.599. The van der Waals surface area contributed by atoms with Crippen LogP contribution in [0.2, 0.25) is 5.02 Å². The molecule has 8 heteroatoms. The van der Waals surface area contributed by atoms with E-state index < -0.39 is 18.4 Å². The van der Waals surface area contributed by atoms with Crippen molar-refractivity contribution >= 4 is 28.7 Å². The fourth-order valence-corrected chi connectivity index (χ4v) is 4.56. The van der Waals surface area contributed by atoms with Crippen LogP contribution in [0.5, 0.6) is 0 Å². The van der Waals surface area contributed by atoms with Crippen molar-refractivity contribution in [3.63, 3.8) is 0 Å². The molecule has 0 radical (unpaired) electrons. The van der Waals surface area contributed by atoms with Crippen molar-refractivity contribution < 1.29 is 13.2 Å². The van der Waals surface area contributed by atoms with Crippen molar-refractivity contribution in [1.82, 2.24) is 9.47 Å². The average Bonchev–Trinajstić information content (AvgIpc) is 3.31. The van der Waals surface area contributed by atoms with E-state index in [1.807, 2.05) is 10.6 Å². The third-order valence-corrected chi connectivity index (χ3v) is 6.06. The third-order valence-electron chi connectivity index (χ3n) is 5.82. The highest BCUT2D eigenvalue weighted by molar-refractivity contribution is 6.31. The second-order valence-corrected chi connectivity index (χ2v) is 7.96. The number of benzene rings is 1. The third kappa shape index (κ3) is 3.40. The molecule has 2 heterocycles. The summed E-state index contributed by atoms with van der Waals surface area (Å²) in [5.41, 5.74) is 1.66. The Morgan fingerprint density at radius 2 is 2.00 bits per heavy atom. The van der Waals surface area contributed by atoms with Crippen LogP contribution in [0.4, 0.5) is 13.2 Å². The molecule has 29 heavy (non-hydrogen) atoms. The zero-order chi connectivity index (χ0) is 20.8. The summed E-state index contributed by atoms with van der Waals surface area (Å²) < 4.78 is 42.7. The predicted octanol–water partition coefficient (Wildman–Crippen LogP) is 6.13. The molecule has 152 valence electrons. The molecule has 0 spiro atoms. The molecule has 0 bridgehead atoms. The van der Waals surface area contributed by atoms with Gasteiger partial charge in [0.15, 0.2) is 6.17 Å². The maximum Gasteiger partial charge on any atom is 0.408 e. The Labute approximate surface area is 171 Å². The second kappa shape index (κ2) is 7.42. The summed E-state index contributed by atoms with van der Waals surface area (Å²) >= 11 is 6.18. The van der Waals surface area contributed by atoms with Crippen LogP contribution in [0.3, 0.4) is 0 Å². The van der Waals surface area contributed by atoms with E-state index in [9.17, 15) is 18.4 Å². The van der Waals surface area contributed by atoms with Gasteiger partial charge in [0.25, 0.3) is 0 Å². The highest BCUT2D eigenvalue weighted by Crippen LogP contribution is 2.43. The molecule has 0 saturated heterocycles. The molecule has 4 rings (SSSR count). The normalized spacial score (nSPS) is 21.1. The molecule has 4 nitrogen and oxygen atoms in total. The van der Waals surface area contributed by atoms with Gasteiger partial charge in [-0.15, -0.1) is 0 Å². The first kappa shape index (κ1) is 19.8. The summed E-state index contributed by atoms with van der Waals surface area (Å²) in [4.78, 5) is 5.57. The molecule has 1 aromatic carbocycles. The van der Waals surface area contributed by atoms with Crippen molar-refractivity contribution in [2.45, 2.75) is 57.0 Å². The molecule has 0 N–H and O–H groups in total. The van der Waals surface area contributed by atoms with Crippen LogP contribution >= 0.6 is 11.6 Å². The van der Waals surface area contributed by atoms with E-state index >= 15 is 0 Å². The van der Waals surface area contributed by atoms with Gasteiger partial charge < -0.3 is 9.47 Å². The van der Waals surface area contributed by atoms with Gasteiger partial charge in [-0.3, -0.25) is 4.99 Å². The number of alkyl halides is 3. The molecule has 1 saturated carbocycles. The van der Waals surface area contributed by atoms with Crippen LogP contribution in [0.1, 0.15) is 56.1 Å². The summed E-state index contributed by atoms with van der Waals surface area (Å²) in [5, 5.41) is 11.1. The van der Waals surface area contributed by atoms with Crippen molar-refractivity contribution in [2.75, 3.05) is 0 Å². The average molecular weight is 421 g/mol. The SMILES string of the molecule is C[C@H](N1C=CC=NC1c1c(C#N)c2cc(Cl)ccc2n1C1CCCC1)C(F)(F)F. The van der Waals surface area contributed by atoms with Gasteiger partial charge in [-0.1, -0.05) is 24.4 Å². The van der Waals surface area contributed by atoms with Crippen molar-refractivity contribution in [1.29, 1.82) is 5.26 Å². The lowest BCUT2D eigenvalue weighted by Crippen LogP contribution is -2.43. The highest BCUT2D eigenvalue weighted by atomic mass is 35.5. The van der Waals surface area contributed by atoms with Crippen molar-refractivity contribution in [3.8, 4) is 6.07 Å². The number of fused-ring (bicyclic) bond motifs is 1. The molecular weight excluding hydrogens is 401 g/mol. The predicted molar refractivity (Wildman–Crippen MR) is 107 cm³/mol. The molecule has 1 fully saturated rings. The van der Waals surface area contributed by atoms with Gasteiger partial charge in [-0.25, -0.2) is 0 Å². The number of hydrogen-bond acceptors (Lipinski definition) is 3. The van der Waals surface area contributed by atoms with E-state index in [2.05, 4.69) is 11.1 Å². The smallest absolute Gasteiger partial charge is 0.339 e. The Morgan fingerprint density at radius 1 is 1.28 bits per heavy atom. The molecule has 2 aliphatic rings. The molecule has 1 aromatic heterocycles. The van der Waals surface area contributed by atoms with Gasteiger partial charge in [-0.05, 0) is 44.0 Å². The van der Waals surface area contributed by atoms with Gasteiger partial charge in [0.1, 0.15) is 12.1 Å². The van der Waals surface area contributed by atoms with Gasteiger partial charge in [0.05, 0.1) is 16.8 Å². The number of rotatable bonds is 3. The van der Waals surface area contributed by atoms with E-state index in [-0.39, 0.29) is 6.04 Å². The largest absolute Gasteiger partial charge is 0.408 e. The van der Waals surface area contributed by atoms with Gasteiger partial charge in [-0.2, -0.15) is 18.4 Å². The minimum atomic E-state index is -4.42. The molecule has 0 amide bonds. The van der Waals surface area contributed by atoms with E-state index in [1.54, 1.807) is 12.1 Å². The summed E-state index contributed by atoms with van der Waals surface area (Å²) in [6.07, 6.45) is 2.98. The van der Waals surface area contributed by atoms with Crippen LogP contribution in [-0.2, 0) is 0 Å². The summed E-state index contributed by atoms with van der Waals surface area (Å²) in [6, 6.07) is 5.91. The van der Waals surface area contributed by atoms with Gasteiger partial charge in [0, 0.05) is 28.9 Å². The maximum atomic E-state index is 13.5. The van der Waals surface area contributed by atoms with E-state index in [0.29, 0.717) is 21.7 Å². The Bertz CT molecular complexity index is 1030. The van der Waals surface area contributed by atoms with Crippen molar-refractivity contribution in [2.24, 2.45) is 4.99 Å². The van der Waals surface area contributed by atoms with Gasteiger partial charge in [0.2, 0.25) is 0 Å². The van der Waals surface area contributed by atoms with Crippen LogP contribution in [0.25, 0.3) is 10.9 Å². The van der Waals surface area contributed by atoms with E-state index in [1.165, 1.54) is 23.4 Å². The zero-order valence-corrected chi connectivity index (χ0v) is 16.6. The monoisotopic (exact) mass is 420 g/mol. The minimum Gasteiger partial charge on any atom is -0.339 e. The molecule has 2 aromatic rings. The lowest BCUT2D eigenvalue weighted by Gasteiger charge is -2.37. The number of aromatic nitrogens is 1. The second-order valence-electron chi connectivity index (χ2n) is 7.52. The Morgan fingerprint density at radius 3 is 2.66 bits per heavy atom. The fourth-order valence-electron chi connectivity index (χ4n) is 4.38. The number of nitriles is 1. The Hall–Kier alpha value is -2.46. The molecular formula is C21H20ClF3N4. The topological polar surface area (TPSA) is 44.3 Å². The molecule has 2 atom stereocenters. The van der Waals surface area contributed by atoms with Crippen LogP contribution in [-0.4, -0.2) is 27.9 Å². The standard InChI is InChI=1S/C21H20ClF3N4/c1-13(21(23,24)25)28-10-4-9-27-20(28)19-17(12-26)16-11-14(22)7-8-18(16)29(19)15-5-2-3-6-15/h4,7-11,13,15,20H,2-3,5-6H2,1H3/t13-,20?/m0/s1. The minimum absolute atomic E-state index is 0.125. The van der Waals surface area contributed by atoms with Gasteiger partial charge >= 0.3 is 6.18 Å². The number of hydrogen-bond donors (Lipinski definition) is 0. The van der Waals surface area contributed by atoms with Crippen molar-refractivity contribution in [3.05, 3.63) is 46.8 Å². The first-order valence-corrected chi connectivity index (χ1v) is 9.98. The molecule has 1 aliphatic heterocycles. The van der Waals surface area contributed by atoms with Crippen LogP contribution in [0, 0.1) is 11.3 Å². The summed E-state index contributed by atoms with van der Waals surface area (Å²) in [6.45, 7) is 1.11. The van der Waals surface area contributed by atoms with E-state index in [4.69, 9.17) is 11.6 Å². The number of halogens is 4. The number of aliphatic imine (C=N–C) groups is 1. The highest BCUT2D eigenvalue weighted by Gasteiger charge is 2.44. The fraction of sp³-hybridized carbons (Fsp3) is 0.429. The molecule has 1 aliphatic carbocycles. The zero-order valence-electron chi connectivity index (χ0n) is 15.8. The Balaban J connectivity index is 1.96. The number of nitrogens with zero attached hydrogens (tertiary/aromatic N) is 4. The maximum absolute atomic E-state index is 13.5. The number of allylic oxidation sites excluding steroid dienone is 1. The molecule has 1 unspecified atom stereocenters. The Kier molecular flexibility index (Phi) is 5.07. The van der Waals surface area contributed by atoms with Crippen LogP contribution < -0.4 is 0 Å². The first-order chi connectivity index (χ1) is 13.8. The van der Waals surface area contributed by atoms with E-state index in [0.717, 1.165) is 38.1 Å². The summed E-state index contributed by atoms with van der Waals surface area (Å²) in [5.74, 6) is 0. The summed E-state index contributed by atoms with van der Waals surface area (Å²) in [7, 11) is 0. The van der Waals surface area contributed by atoms with Crippen LogP contribution in [0.15, 0.2) is 35.5 Å². The first-order valence-electron chi connectivity index (χ1n) is 9.60.